The molecule has 4 N–H and O–H groups in total. The topological polar surface area (TPSA) is 67.0 Å². The van der Waals surface area contributed by atoms with E-state index in [1.807, 2.05) is 0 Å². The Hall–Kier alpha value is -0.0227. The molecule has 0 unspecified atom stereocenters. The van der Waals surface area contributed by atoms with Crippen molar-refractivity contribution >= 4 is 7.25 Å². The summed E-state index contributed by atoms with van der Waals surface area (Å²) in [5.74, 6) is 0. The second-order valence-corrected chi connectivity index (χ2v) is 0.784. The van der Waals surface area contributed by atoms with Crippen LogP contribution in [0.4, 0.5) is 17.3 Å². The van der Waals surface area contributed by atoms with Gasteiger partial charge >= 0.3 is 27.7 Å². The Balaban J connectivity index is -0.0000000183. The molecular weight excluding hydrogens is 257 g/mol. The zero-order valence-electron chi connectivity index (χ0n) is 5.55. The quantitative estimate of drug-likeness (QED) is 0.364. The maximum Gasteiger partial charge on any atom is 2.00 e. The molecule has 0 rings (SSSR count). The summed E-state index contributed by atoms with van der Waals surface area (Å²) < 4.78 is 39.0. The molecule has 0 saturated carbocycles. The Labute approximate surface area is 77.4 Å². The van der Waals surface area contributed by atoms with Crippen LogP contribution in [-0.2, 0) is 20.4 Å². The molecule has 74 valence electrons. The second kappa shape index (κ2) is 16.5. The van der Waals surface area contributed by atoms with Crippen molar-refractivity contribution in [2.24, 2.45) is 0 Å². The molecule has 0 radical (unpaired) electrons. The van der Waals surface area contributed by atoms with E-state index >= 15 is 0 Å². The summed E-state index contributed by atoms with van der Waals surface area (Å²) in [5.41, 5.74) is 0. The summed E-state index contributed by atoms with van der Waals surface area (Å²) >= 11 is 0. The van der Waals surface area contributed by atoms with Gasteiger partial charge in [0.15, 0.2) is 0 Å². The number of halogens is 4. The van der Waals surface area contributed by atoms with Crippen LogP contribution in [0.1, 0.15) is 0 Å². The molecule has 0 heterocycles. The minimum absolute atomic E-state index is 0. The predicted molar refractivity (Wildman–Crippen MR) is 36.3 cm³/mol. The van der Waals surface area contributed by atoms with Crippen molar-refractivity contribution in [2.75, 3.05) is 0 Å². The van der Waals surface area contributed by atoms with Crippen LogP contribution in [0.3, 0.4) is 0 Å². The number of rotatable bonds is 0. The van der Waals surface area contributed by atoms with E-state index in [0.29, 0.717) is 0 Å². The SMILES string of the molecule is C=C[CH2-].F[B-](F)(F)F.[NH2-].[NH2-].[Pd+2]. The summed E-state index contributed by atoms with van der Waals surface area (Å²) in [6.45, 7) is 6.50. The van der Waals surface area contributed by atoms with Gasteiger partial charge in [0.1, 0.15) is 0 Å². The van der Waals surface area contributed by atoms with Gasteiger partial charge in [0, 0.05) is 0 Å². The third-order valence-corrected chi connectivity index (χ3v) is 0. The first kappa shape index (κ1) is 30.6. The van der Waals surface area contributed by atoms with Gasteiger partial charge in [-0.2, -0.15) is 0 Å². The molecule has 0 aromatic rings. The van der Waals surface area contributed by atoms with E-state index < -0.39 is 7.25 Å². The molecule has 0 atom stereocenters. The van der Waals surface area contributed by atoms with Crippen LogP contribution in [0, 0.1) is 6.92 Å². The molecule has 11 heavy (non-hydrogen) atoms. The van der Waals surface area contributed by atoms with E-state index in [9.17, 15) is 17.3 Å². The predicted octanol–water partition coefficient (Wildman–Crippen LogP) is 3.74. The summed E-state index contributed by atoms with van der Waals surface area (Å²) in [7, 11) is -6.00. The van der Waals surface area contributed by atoms with E-state index in [0.717, 1.165) is 0 Å². The molecule has 2 nitrogen and oxygen atoms in total. The molecule has 0 aromatic carbocycles. The summed E-state index contributed by atoms with van der Waals surface area (Å²) in [4.78, 5) is 0. The smallest absolute Gasteiger partial charge is 0.693 e. The van der Waals surface area contributed by atoms with Gasteiger partial charge < -0.3 is 29.6 Å². The molecule has 0 bridgehead atoms. The third kappa shape index (κ3) is 1230000. The largest absolute Gasteiger partial charge is 2.00 e. The van der Waals surface area contributed by atoms with E-state index in [1.165, 1.54) is 6.08 Å². The van der Waals surface area contributed by atoms with Gasteiger partial charge in [-0.25, -0.2) is 19.6 Å². The zero-order valence-corrected chi connectivity index (χ0v) is 7.11. The average molecular weight is 266 g/mol. The van der Waals surface area contributed by atoms with Gasteiger partial charge in [0.25, 0.3) is 0 Å². The Morgan fingerprint density at radius 1 is 1.09 bits per heavy atom. The van der Waals surface area contributed by atoms with E-state index in [-0.39, 0.29) is 32.7 Å². The second-order valence-electron chi connectivity index (χ2n) is 0.784. The van der Waals surface area contributed by atoms with Gasteiger partial charge in [-0.3, -0.25) is 0 Å². The minimum atomic E-state index is -6.00. The monoisotopic (exact) mass is 266 g/mol. The molecule has 0 spiro atoms. The summed E-state index contributed by atoms with van der Waals surface area (Å²) in [5, 5.41) is 0. The zero-order chi connectivity index (χ0) is 7.21. The van der Waals surface area contributed by atoms with Crippen molar-refractivity contribution in [1.29, 1.82) is 0 Å². The molecule has 0 aliphatic rings. The molecule has 0 aliphatic heterocycles. The number of nitrogens with two attached hydrogens (primary N) is 2. The minimum Gasteiger partial charge on any atom is -0.693 e. The number of allylic oxidation sites excluding steroid dienone is 1. The molecule has 0 amide bonds. The fourth-order valence-electron chi connectivity index (χ4n) is 0. The van der Waals surface area contributed by atoms with Crippen LogP contribution >= 0.6 is 0 Å². The first-order chi connectivity index (χ1) is 3.41. The van der Waals surface area contributed by atoms with Crippen LogP contribution in [0.5, 0.6) is 0 Å². The summed E-state index contributed by atoms with van der Waals surface area (Å²) in [6.07, 6.45) is 1.50. The molecule has 0 aliphatic carbocycles. The Kier molecular flexibility index (Phi) is 45.9. The van der Waals surface area contributed by atoms with Crippen molar-refractivity contribution in [3.8, 4) is 0 Å². The maximum atomic E-state index is 9.75. The first-order valence-corrected chi connectivity index (χ1v) is 1.69. The first-order valence-electron chi connectivity index (χ1n) is 1.69. The number of hydrogen-bond donors (Lipinski definition) is 0. The third-order valence-electron chi connectivity index (χ3n) is 0. The Morgan fingerprint density at radius 2 is 1.09 bits per heavy atom. The van der Waals surface area contributed by atoms with Gasteiger partial charge in [-0.15, -0.1) is 0 Å². The van der Waals surface area contributed by atoms with Crippen molar-refractivity contribution in [1.82, 2.24) is 0 Å². The molecule has 0 aromatic heterocycles. The van der Waals surface area contributed by atoms with Crippen LogP contribution in [-0.4, -0.2) is 7.25 Å². The Morgan fingerprint density at radius 3 is 1.09 bits per heavy atom. The van der Waals surface area contributed by atoms with Gasteiger partial charge in [-0.05, 0) is 0 Å². The van der Waals surface area contributed by atoms with E-state index in [4.69, 9.17) is 0 Å². The van der Waals surface area contributed by atoms with Crippen LogP contribution < -0.4 is 0 Å². The van der Waals surface area contributed by atoms with Crippen LogP contribution in [0.15, 0.2) is 12.7 Å². The molecule has 0 fully saturated rings. The van der Waals surface area contributed by atoms with Crippen LogP contribution in [0.25, 0.3) is 12.3 Å². The number of hydrogen-bond acceptors (Lipinski definition) is 0. The van der Waals surface area contributed by atoms with E-state index in [2.05, 4.69) is 13.5 Å². The summed E-state index contributed by atoms with van der Waals surface area (Å²) in [6, 6.07) is 0. The fourth-order valence-corrected chi connectivity index (χ4v) is 0. The maximum absolute atomic E-state index is 9.75. The molecule has 8 heteroatoms. The van der Waals surface area contributed by atoms with Crippen molar-refractivity contribution in [3.05, 3.63) is 31.9 Å². The van der Waals surface area contributed by atoms with Gasteiger partial charge in [0.2, 0.25) is 0 Å². The van der Waals surface area contributed by atoms with Crippen molar-refractivity contribution in [3.63, 3.8) is 0 Å². The van der Waals surface area contributed by atoms with Crippen molar-refractivity contribution in [2.45, 2.75) is 0 Å². The van der Waals surface area contributed by atoms with Crippen LogP contribution in [0.2, 0.25) is 0 Å². The van der Waals surface area contributed by atoms with Gasteiger partial charge in [-0.1, -0.05) is 0 Å². The van der Waals surface area contributed by atoms with Gasteiger partial charge in [0.05, 0.1) is 0 Å². The molecule has 0 saturated heterocycles. The molecular formula is C3H9BF4N2Pd-2. The van der Waals surface area contributed by atoms with E-state index in [1.54, 1.807) is 0 Å². The van der Waals surface area contributed by atoms with Crippen molar-refractivity contribution < 1.29 is 37.7 Å². The Bertz CT molecular complexity index is 62.8. The fraction of sp³-hybridized carbons (Fsp3) is 0. The normalized spacial score (nSPS) is 6.55. The standard InChI is InChI=1S/C3H5.BF4.2H2N.Pd/c1-3-2;2-1(3,4)5;;;/h3H,1-2H2;;2*1H2;/q4*-1;+2. The average Bonchev–Trinajstić information content (AvgIpc) is 1.27.